The molecule has 0 radical (unpaired) electrons. The third kappa shape index (κ3) is 2.70. The highest BCUT2D eigenvalue weighted by atomic mass is 16.5. The van der Waals surface area contributed by atoms with Crippen LogP contribution in [0.3, 0.4) is 0 Å². The lowest BCUT2D eigenvalue weighted by Gasteiger charge is -2.23. The minimum atomic E-state index is -1.17. The van der Waals surface area contributed by atoms with E-state index in [0.29, 0.717) is 24.4 Å². The van der Waals surface area contributed by atoms with E-state index in [4.69, 9.17) is 4.74 Å². The molecule has 2 fully saturated rings. The third-order valence-electron chi connectivity index (χ3n) is 4.69. The Bertz CT molecular complexity index is 667. The van der Waals surface area contributed by atoms with Gasteiger partial charge in [-0.25, -0.2) is 4.79 Å². The third-order valence-corrected chi connectivity index (χ3v) is 4.69. The van der Waals surface area contributed by atoms with E-state index in [-0.39, 0.29) is 12.5 Å². The molecule has 0 spiro atoms. The maximum Gasteiger partial charge on any atom is 0.325 e. The second-order valence-electron chi connectivity index (χ2n) is 6.26. The predicted octanol–water partition coefficient (Wildman–Crippen LogP) is 1.08. The largest absolute Gasteiger partial charge is 0.497 e. The van der Waals surface area contributed by atoms with Crippen LogP contribution in [0.5, 0.6) is 5.75 Å². The first-order valence-corrected chi connectivity index (χ1v) is 8.02. The first-order valence-electron chi connectivity index (χ1n) is 8.02. The Labute approximate surface area is 140 Å². The van der Waals surface area contributed by atoms with Crippen LogP contribution in [0.1, 0.15) is 25.3 Å². The van der Waals surface area contributed by atoms with Gasteiger partial charge in [0, 0.05) is 13.1 Å². The summed E-state index contributed by atoms with van der Waals surface area (Å²) < 4.78 is 5.11. The molecule has 1 aromatic carbocycles. The van der Waals surface area contributed by atoms with Crippen molar-refractivity contribution in [2.75, 3.05) is 26.7 Å². The van der Waals surface area contributed by atoms with Crippen LogP contribution < -0.4 is 10.1 Å². The van der Waals surface area contributed by atoms with E-state index in [1.54, 1.807) is 43.2 Å². The number of rotatable bonds is 4. The molecule has 2 saturated heterocycles. The Hall–Kier alpha value is -2.57. The zero-order valence-electron chi connectivity index (χ0n) is 13.9. The number of nitrogens with zero attached hydrogens (tertiary/aromatic N) is 2. The molecule has 4 amide bonds. The number of carbonyl (C=O) groups excluding carboxylic acids is 3. The summed E-state index contributed by atoms with van der Waals surface area (Å²) in [4.78, 5) is 40.0. The Morgan fingerprint density at radius 2 is 1.83 bits per heavy atom. The number of likely N-dealkylation sites (tertiary alicyclic amines) is 1. The molecule has 2 heterocycles. The van der Waals surface area contributed by atoms with E-state index in [1.807, 2.05) is 0 Å². The molecule has 128 valence electrons. The van der Waals surface area contributed by atoms with Gasteiger partial charge >= 0.3 is 6.03 Å². The van der Waals surface area contributed by atoms with Gasteiger partial charge in [-0.05, 0) is 37.5 Å². The summed E-state index contributed by atoms with van der Waals surface area (Å²) in [6, 6.07) is 6.41. The predicted molar refractivity (Wildman–Crippen MR) is 86.4 cm³/mol. The molecule has 24 heavy (non-hydrogen) atoms. The summed E-state index contributed by atoms with van der Waals surface area (Å²) in [5.41, 5.74) is -0.521. The van der Waals surface area contributed by atoms with Gasteiger partial charge in [-0.1, -0.05) is 12.1 Å². The van der Waals surface area contributed by atoms with Crippen LogP contribution in [0, 0.1) is 0 Å². The summed E-state index contributed by atoms with van der Waals surface area (Å²) in [7, 11) is 1.56. The first kappa shape index (κ1) is 16.3. The van der Waals surface area contributed by atoms with Crippen LogP contribution in [0.2, 0.25) is 0 Å². The van der Waals surface area contributed by atoms with Gasteiger partial charge in [-0.15, -0.1) is 0 Å². The van der Waals surface area contributed by atoms with Gasteiger partial charge in [0.15, 0.2) is 0 Å². The van der Waals surface area contributed by atoms with Crippen molar-refractivity contribution in [3.05, 3.63) is 29.8 Å². The normalized spacial score (nSPS) is 23.6. The zero-order valence-corrected chi connectivity index (χ0v) is 13.9. The fraction of sp³-hybridized carbons (Fsp3) is 0.471. The summed E-state index contributed by atoms with van der Waals surface area (Å²) in [6.07, 6.45) is 1.94. The first-order chi connectivity index (χ1) is 11.5. The van der Waals surface area contributed by atoms with Gasteiger partial charge in [0.05, 0.1) is 7.11 Å². The van der Waals surface area contributed by atoms with Crippen molar-refractivity contribution in [2.24, 2.45) is 0 Å². The van der Waals surface area contributed by atoms with Crippen molar-refractivity contribution in [2.45, 2.75) is 25.3 Å². The summed E-state index contributed by atoms with van der Waals surface area (Å²) in [6.45, 7) is 2.82. The number of carbonyl (C=O) groups is 3. The van der Waals surface area contributed by atoms with E-state index in [2.05, 4.69) is 5.32 Å². The maximum atomic E-state index is 12.8. The molecule has 7 nitrogen and oxygen atoms in total. The van der Waals surface area contributed by atoms with Crippen molar-refractivity contribution in [3.63, 3.8) is 0 Å². The van der Waals surface area contributed by atoms with Gasteiger partial charge in [0.25, 0.3) is 5.91 Å². The lowest BCUT2D eigenvalue weighted by molar-refractivity contribution is -0.138. The molecule has 1 aromatic rings. The van der Waals surface area contributed by atoms with Gasteiger partial charge in [0.1, 0.15) is 17.8 Å². The fourth-order valence-electron chi connectivity index (χ4n) is 3.16. The van der Waals surface area contributed by atoms with E-state index < -0.39 is 17.5 Å². The molecule has 0 unspecified atom stereocenters. The minimum absolute atomic E-state index is 0.185. The molecule has 7 heteroatoms. The lowest BCUT2D eigenvalue weighted by atomic mass is 9.92. The summed E-state index contributed by atoms with van der Waals surface area (Å²) in [5, 5.41) is 2.71. The molecule has 0 bridgehead atoms. The lowest BCUT2D eigenvalue weighted by Crippen LogP contribution is -2.43. The van der Waals surface area contributed by atoms with Crippen LogP contribution in [0.25, 0.3) is 0 Å². The smallest absolute Gasteiger partial charge is 0.325 e. The fourth-order valence-corrected chi connectivity index (χ4v) is 3.16. The van der Waals surface area contributed by atoms with Gasteiger partial charge in [0.2, 0.25) is 5.91 Å². The van der Waals surface area contributed by atoms with Crippen molar-refractivity contribution < 1.29 is 19.1 Å². The number of amides is 4. The Morgan fingerprint density at radius 1 is 1.21 bits per heavy atom. The number of hydrogen-bond donors (Lipinski definition) is 1. The van der Waals surface area contributed by atoms with E-state index in [9.17, 15) is 14.4 Å². The van der Waals surface area contributed by atoms with E-state index in [1.165, 1.54) is 0 Å². The maximum absolute atomic E-state index is 12.8. The van der Waals surface area contributed by atoms with E-state index >= 15 is 0 Å². The van der Waals surface area contributed by atoms with Gasteiger partial charge < -0.3 is 15.0 Å². The highest BCUT2D eigenvalue weighted by Crippen LogP contribution is 2.30. The molecule has 2 aliphatic rings. The topological polar surface area (TPSA) is 79.0 Å². The van der Waals surface area contributed by atoms with Crippen molar-refractivity contribution >= 4 is 17.8 Å². The Morgan fingerprint density at radius 3 is 2.42 bits per heavy atom. The highest BCUT2D eigenvalue weighted by Gasteiger charge is 2.49. The molecule has 1 atom stereocenters. The van der Waals surface area contributed by atoms with Crippen LogP contribution in [-0.2, 0) is 15.1 Å². The highest BCUT2D eigenvalue weighted by molar-refractivity contribution is 6.09. The SMILES string of the molecule is COc1ccc([C@@]2(C)NC(=O)N(CC(=O)N3CCCC3)C2=O)cc1. The van der Waals surface area contributed by atoms with E-state index in [0.717, 1.165) is 17.7 Å². The molecular weight excluding hydrogens is 310 g/mol. The molecule has 0 saturated carbocycles. The zero-order chi connectivity index (χ0) is 17.3. The van der Waals surface area contributed by atoms with Crippen molar-refractivity contribution in [3.8, 4) is 5.75 Å². The molecule has 3 rings (SSSR count). The number of benzene rings is 1. The number of methoxy groups -OCH3 is 1. The van der Waals surface area contributed by atoms with Gasteiger partial charge in [-0.2, -0.15) is 0 Å². The average molecular weight is 331 g/mol. The second kappa shape index (κ2) is 6.14. The Kier molecular flexibility index (Phi) is 4.17. The number of imide groups is 1. The molecule has 2 aliphatic heterocycles. The monoisotopic (exact) mass is 331 g/mol. The summed E-state index contributed by atoms with van der Waals surface area (Å²) >= 11 is 0. The van der Waals surface area contributed by atoms with Crippen LogP contribution in [0.15, 0.2) is 24.3 Å². The van der Waals surface area contributed by atoms with Crippen LogP contribution in [-0.4, -0.2) is 54.4 Å². The average Bonchev–Trinajstić information content (AvgIpc) is 3.19. The number of nitrogens with one attached hydrogen (secondary N) is 1. The molecule has 1 N–H and O–H groups in total. The van der Waals surface area contributed by atoms with Crippen LogP contribution >= 0.6 is 0 Å². The van der Waals surface area contributed by atoms with Gasteiger partial charge in [-0.3, -0.25) is 14.5 Å². The van der Waals surface area contributed by atoms with Crippen LogP contribution in [0.4, 0.5) is 4.79 Å². The van der Waals surface area contributed by atoms with Crippen molar-refractivity contribution in [1.82, 2.24) is 15.1 Å². The number of hydrogen-bond acceptors (Lipinski definition) is 4. The molecular formula is C17H21N3O4. The molecule has 0 aromatic heterocycles. The Balaban J connectivity index is 1.78. The number of ether oxygens (including phenoxy) is 1. The standard InChI is InChI=1S/C17H21N3O4/c1-17(12-5-7-13(24-2)8-6-12)15(22)20(16(23)18-17)11-14(21)19-9-3-4-10-19/h5-8H,3-4,9-11H2,1-2H3,(H,18,23)/t17-/m1/s1. The summed E-state index contributed by atoms with van der Waals surface area (Å²) in [5.74, 6) is 0.0698. The minimum Gasteiger partial charge on any atom is -0.497 e. The second-order valence-corrected chi connectivity index (χ2v) is 6.26. The van der Waals surface area contributed by atoms with Crippen molar-refractivity contribution in [1.29, 1.82) is 0 Å². The quantitative estimate of drug-likeness (QED) is 0.838. The number of urea groups is 1. The molecule has 0 aliphatic carbocycles.